The van der Waals surface area contributed by atoms with Crippen molar-refractivity contribution < 1.29 is 24.2 Å². The first-order valence-electron chi connectivity index (χ1n) is 19.8. The van der Waals surface area contributed by atoms with Crippen LogP contribution in [-0.4, -0.2) is 35.6 Å². The fraction of sp³-hybridized carbons (Fsp3) is 0.875. The molecular weight excluding hydrogens is 574 g/mol. The summed E-state index contributed by atoms with van der Waals surface area (Å²) >= 11 is 0. The Kier molecular flexibility index (Phi) is 34.5. The third-order valence-electron chi connectivity index (χ3n) is 8.94. The highest BCUT2D eigenvalue weighted by atomic mass is 16.5. The third kappa shape index (κ3) is 35.0. The zero-order valence-corrected chi connectivity index (χ0v) is 30.4. The van der Waals surface area contributed by atoms with Gasteiger partial charge in [0.05, 0.1) is 0 Å². The van der Waals surface area contributed by atoms with Crippen LogP contribution in [0, 0.1) is 0 Å². The molecule has 0 fully saturated rings. The Morgan fingerprint density at radius 3 is 1.39 bits per heavy atom. The van der Waals surface area contributed by atoms with E-state index in [1.54, 1.807) is 0 Å². The van der Waals surface area contributed by atoms with Gasteiger partial charge in [-0.2, -0.15) is 0 Å². The number of aliphatic carboxylic acids is 1. The first-order chi connectivity index (χ1) is 22.5. The van der Waals surface area contributed by atoms with Gasteiger partial charge in [-0.3, -0.25) is 14.4 Å². The summed E-state index contributed by atoms with van der Waals surface area (Å²) in [7, 11) is 0. The zero-order chi connectivity index (χ0) is 33.8. The van der Waals surface area contributed by atoms with Gasteiger partial charge in [-0.1, -0.05) is 148 Å². The largest absolute Gasteiger partial charge is 0.480 e. The van der Waals surface area contributed by atoms with Crippen LogP contribution in [0.3, 0.4) is 0 Å². The standard InChI is InChI=1S/C40H75NO5/c1-3-5-7-9-11-12-13-14-15-16-17-18-19-20-21-22-23-25-31-35-40(45)46-37(32-28-24-10-8-6-4-2)33-29-26-27-30-34-38(42)41-36-39(43)44/h14-15,37H,3-13,16-36H2,1-2H3,(H,41,42)(H,43,44)/b15-14-. The van der Waals surface area contributed by atoms with E-state index in [4.69, 9.17) is 9.84 Å². The Labute approximate surface area is 284 Å². The van der Waals surface area contributed by atoms with Crippen LogP contribution in [0.2, 0.25) is 0 Å². The van der Waals surface area contributed by atoms with E-state index < -0.39 is 5.97 Å². The van der Waals surface area contributed by atoms with Crippen molar-refractivity contribution in [3.05, 3.63) is 12.2 Å². The maximum Gasteiger partial charge on any atom is 0.322 e. The predicted molar refractivity (Wildman–Crippen MR) is 194 cm³/mol. The van der Waals surface area contributed by atoms with Crippen molar-refractivity contribution in [3.8, 4) is 0 Å². The number of allylic oxidation sites excluding steroid dienone is 2. The molecule has 0 aliphatic rings. The van der Waals surface area contributed by atoms with Gasteiger partial charge in [0.1, 0.15) is 12.6 Å². The lowest BCUT2D eigenvalue weighted by molar-refractivity contribution is -0.150. The van der Waals surface area contributed by atoms with Crippen LogP contribution >= 0.6 is 0 Å². The summed E-state index contributed by atoms with van der Waals surface area (Å²) in [6.45, 7) is 4.19. The minimum absolute atomic E-state index is 0.00773. The fourth-order valence-corrected chi connectivity index (χ4v) is 5.98. The van der Waals surface area contributed by atoms with Crippen LogP contribution in [0.5, 0.6) is 0 Å². The van der Waals surface area contributed by atoms with Crippen LogP contribution in [0.1, 0.15) is 213 Å². The molecule has 2 N–H and O–H groups in total. The van der Waals surface area contributed by atoms with E-state index in [2.05, 4.69) is 31.3 Å². The number of nitrogens with one attached hydrogen (secondary N) is 1. The molecule has 0 aromatic rings. The van der Waals surface area contributed by atoms with E-state index in [0.29, 0.717) is 12.8 Å². The van der Waals surface area contributed by atoms with E-state index in [0.717, 1.165) is 57.8 Å². The highest BCUT2D eigenvalue weighted by molar-refractivity contribution is 5.80. The van der Waals surface area contributed by atoms with Crippen LogP contribution in [0.15, 0.2) is 12.2 Å². The van der Waals surface area contributed by atoms with Crippen LogP contribution in [0.4, 0.5) is 0 Å². The topological polar surface area (TPSA) is 92.7 Å². The average Bonchev–Trinajstić information content (AvgIpc) is 3.04. The van der Waals surface area contributed by atoms with E-state index in [-0.39, 0.29) is 24.5 Å². The number of carbonyl (C=O) groups excluding carboxylic acids is 2. The highest BCUT2D eigenvalue weighted by Crippen LogP contribution is 2.18. The van der Waals surface area contributed by atoms with Crippen molar-refractivity contribution >= 4 is 17.8 Å². The fourth-order valence-electron chi connectivity index (χ4n) is 5.98. The molecule has 0 radical (unpaired) electrons. The zero-order valence-electron chi connectivity index (χ0n) is 30.4. The average molecular weight is 650 g/mol. The predicted octanol–water partition coefficient (Wildman–Crippen LogP) is 11.8. The summed E-state index contributed by atoms with van der Waals surface area (Å²) in [6.07, 6.45) is 40.6. The molecule has 0 aromatic heterocycles. The molecule has 0 aromatic carbocycles. The van der Waals surface area contributed by atoms with Crippen molar-refractivity contribution in [2.24, 2.45) is 0 Å². The van der Waals surface area contributed by atoms with E-state index in [1.807, 2.05) is 0 Å². The van der Waals surface area contributed by atoms with Crippen molar-refractivity contribution in [1.29, 1.82) is 0 Å². The van der Waals surface area contributed by atoms with Crippen molar-refractivity contribution in [1.82, 2.24) is 5.32 Å². The Morgan fingerprint density at radius 1 is 0.543 bits per heavy atom. The Balaban J connectivity index is 3.90. The molecule has 0 saturated heterocycles. The second-order valence-corrected chi connectivity index (χ2v) is 13.5. The van der Waals surface area contributed by atoms with E-state index in [9.17, 15) is 14.4 Å². The van der Waals surface area contributed by atoms with Crippen LogP contribution in [0.25, 0.3) is 0 Å². The number of rotatable bonds is 36. The van der Waals surface area contributed by atoms with Gasteiger partial charge in [0, 0.05) is 12.8 Å². The molecule has 6 nitrogen and oxygen atoms in total. The number of carbonyl (C=O) groups is 3. The first-order valence-corrected chi connectivity index (χ1v) is 19.8. The number of hydrogen-bond acceptors (Lipinski definition) is 4. The quantitative estimate of drug-likeness (QED) is 0.0400. The van der Waals surface area contributed by atoms with Gasteiger partial charge in [-0.25, -0.2) is 0 Å². The summed E-state index contributed by atoms with van der Waals surface area (Å²) in [5, 5.41) is 11.1. The molecule has 0 rings (SSSR count). The number of amides is 1. The summed E-state index contributed by atoms with van der Waals surface area (Å²) in [5.41, 5.74) is 0. The molecule has 0 bridgehead atoms. The van der Waals surface area contributed by atoms with Crippen molar-refractivity contribution in [2.75, 3.05) is 6.54 Å². The summed E-state index contributed by atoms with van der Waals surface area (Å²) in [6, 6.07) is 0. The SMILES string of the molecule is CCCCCCCC/C=C\CCCCCCCCCCCC(=O)OC(CCCCCCCC)CCCCCCC(=O)NCC(=O)O. The lowest BCUT2D eigenvalue weighted by Gasteiger charge is -2.18. The smallest absolute Gasteiger partial charge is 0.322 e. The second kappa shape index (κ2) is 36.0. The van der Waals surface area contributed by atoms with E-state index >= 15 is 0 Å². The Bertz CT molecular complexity index is 722. The first kappa shape index (κ1) is 44.1. The molecule has 0 spiro atoms. The normalized spacial score (nSPS) is 12.0. The van der Waals surface area contributed by atoms with Gasteiger partial charge in [-0.15, -0.1) is 0 Å². The molecule has 1 amide bonds. The highest BCUT2D eigenvalue weighted by Gasteiger charge is 2.14. The lowest BCUT2D eigenvalue weighted by Crippen LogP contribution is -2.28. The Hall–Kier alpha value is -1.85. The molecular formula is C40H75NO5. The van der Waals surface area contributed by atoms with Crippen molar-refractivity contribution in [2.45, 2.75) is 219 Å². The van der Waals surface area contributed by atoms with Crippen LogP contribution in [-0.2, 0) is 19.1 Å². The molecule has 0 heterocycles. The van der Waals surface area contributed by atoms with Gasteiger partial charge >= 0.3 is 11.9 Å². The Morgan fingerprint density at radius 2 is 0.935 bits per heavy atom. The van der Waals surface area contributed by atoms with Gasteiger partial charge in [0.25, 0.3) is 0 Å². The lowest BCUT2D eigenvalue weighted by atomic mass is 10.0. The van der Waals surface area contributed by atoms with Gasteiger partial charge in [-0.05, 0) is 64.2 Å². The molecule has 1 atom stereocenters. The number of ether oxygens (including phenoxy) is 1. The molecule has 6 heteroatoms. The van der Waals surface area contributed by atoms with Gasteiger partial charge < -0.3 is 15.2 Å². The van der Waals surface area contributed by atoms with Gasteiger partial charge in [0.15, 0.2) is 0 Å². The number of unbranched alkanes of at least 4 members (excludes halogenated alkanes) is 23. The van der Waals surface area contributed by atoms with E-state index in [1.165, 1.54) is 128 Å². The number of carboxylic acid groups (broad SMARTS) is 1. The summed E-state index contributed by atoms with van der Waals surface area (Å²) < 4.78 is 5.95. The maximum atomic E-state index is 12.6. The van der Waals surface area contributed by atoms with Crippen LogP contribution < -0.4 is 5.32 Å². The molecule has 0 aliphatic carbocycles. The molecule has 46 heavy (non-hydrogen) atoms. The van der Waals surface area contributed by atoms with Crippen molar-refractivity contribution in [3.63, 3.8) is 0 Å². The minimum atomic E-state index is -1.02. The second-order valence-electron chi connectivity index (χ2n) is 13.5. The third-order valence-corrected chi connectivity index (χ3v) is 8.94. The monoisotopic (exact) mass is 650 g/mol. The summed E-state index contributed by atoms with van der Waals surface area (Å²) in [4.78, 5) is 34.8. The molecule has 0 aliphatic heterocycles. The number of esters is 1. The van der Waals surface area contributed by atoms with Gasteiger partial charge in [0.2, 0.25) is 5.91 Å². The molecule has 1 unspecified atom stereocenters. The minimum Gasteiger partial charge on any atom is -0.480 e. The summed E-state index contributed by atoms with van der Waals surface area (Å²) in [5.74, 6) is -1.26. The number of carboxylic acids is 1. The maximum absolute atomic E-state index is 12.6. The molecule has 270 valence electrons. The molecule has 0 saturated carbocycles. The number of hydrogen-bond donors (Lipinski definition) is 2.